The smallest absolute Gasteiger partial charge is 0.142 e. The highest BCUT2D eigenvalue weighted by Gasteiger charge is 2.06. The average Bonchev–Trinajstić information content (AvgIpc) is 2.59. The lowest BCUT2D eigenvalue weighted by molar-refractivity contribution is 0.641. The van der Waals surface area contributed by atoms with Crippen molar-refractivity contribution in [2.75, 3.05) is 0 Å². The molecule has 1 nitrogen and oxygen atoms in total. The zero-order valence-electron chi connectivity index (χ0n) is 7.46. The van der Waals surface area contributed by atoms with Gasteiger partial charge in [-0.05, 0) is 12.1 Å². The third-order valence-corrected chi connectivity index (χ3v) is 3.03. The molecule has 0 saturated carbocycles. The van der Waals surface area contributed by atoms with Crippen LogP contribution in [0.5, 0.6) is 0 Å². The van der Waals surface area contributed by atoms with Gasteiger partial charge in [-0.3, -0.25) is 0 Å². The summed E-state index contributed by atoms with van der Waals surface area (Å²) in [6.07, 6.45) is 6.54. The second-order valence-corrected chi connectivity index (χ2v) is 3.98. The van der Waals surface area contributed by atoms with Crippen LogP contribution in [0.2, 0.25) is 0 Å². The van der Waals surface area contributed by atoms with Crippen LogP contribution in [0.15, 0.2) is 18.2 Å². The fraction of sp³-hybridized carbons (Fsp3) is 0.182. The monoisotopic (exact) mass is 205 g/mol. The number of fused-ring (bicyclic) bond motifs is 1. The molecule has 0 saturated heterocycles. The van der Waals surface area contributed by atoms with Gasteiger partial charge in [0, 0.05) is 12.8 Å². The van der Waals surface area contributed by atoms with Crippen molar-refractivity contribution in [2.24, 2.45) is 0 Å². The molecule has 0 fully saturated rings. The second kappa shape index (κ2) is 3.77. The van der Waals surface area contributed by atoms with Crippen molar-refractivity contribution in [3.8, 4) is 12.3 Å². The van der Waals surface area contributed by atoms with Crippen molar-refractivity contribution in [1.29, 1.82) is 0 Å². The second-order valence-electron chi connectivity index (χ2n) is 2.90. The predicted octanol–water partition coefficient (Wildman–Crippen LogP) is 3.00. The molecular formula is C11H8FNS. The number of hydrogen-bond donors (Lipinski definition) is 0. The highest BCUT2D eigenvalue weighted by Crippen LogP contribution is 2.25. The quantitative estimate of drug-likeness (QED) is 0.687. The van der Waals surface area contributed by atoms with Crippen LogP contribution < -0.4 is 0 Å². The van der Waals surface area contributed by atoms with E-state index in [2.05, 4.69) is 10.9 Å². The largest absolute Gasteiger partial charge is 0.241 e. The fourth-order valence-electron chi connectivity index (χ4n) is 1.25. The first-order valence-corrected chi connectivity index (χ1v) is 5.10. The van der Waals surface area contributed by atoms with Gasteiger partial charge in [0.05, 0.1) is 15.2 Å². The zero-order valence-corrected chi connectivity index (χ0v) is 8.27. The van der Waals surface area contributed by atoms with Crippen molar-refractivity contribution in [1.82, 2.24) is 4.98 Å². The molecule has 1 heterocycles. The molecule has 0 aliphatic heterocycles. The SMILES string of the molecule is C#CCCc1nc2cccc(F)c2s1. The maximum Gasteiger partial charge on any atom is 0.142 e. The van der Waals surface area contributed by atoms with Gasteiger partial charge in [0.2, 0.25) is 0 Å². The summed E-state index contributed by atoms with van der Waals surface area (Å²) in [6.45, 7) is 0. The van der Waals surface area contributed by atoms with Crippen LogP contribution in [-0.2, 0) is 6.42 Å². The molecule has 0 aliphatic carbocycles. The molecule has 0 N–H and O–H groups in total. The van der Waals surface area contributed by atoms with Crippen LogP contribution in [0.3, 0.4) is 0 Å². The first-order chi connectivity index (χ1) is 6.81. The number of thiazole rings is 1. The number of hydrogen-bond acceptors (Lipinski definition) is 2. The average molecular weight is 205 g/mol. The molecule has 2 aromatic rings. The van der Waals surface area contributed by atoms with Crippen molar-refractivity contribution >= 4 is 21.6 Å². The summed E-state index contributed by atoms with van der Waals surface area (Å²) >= 11 is 1.38. The van der Waals surface area contributed by atoms with Crippen LogP contribution in [0.1, 0.15) is 11.4 Å². The summed E-state index contributed by atoms with van der Waals surface area (Å²) in [5, 5.41) is 0.906. The van der Waals surface area contributed by atoms with Gasteiger partial charge in [-0.2, -0.15) is 0 Å². The number of halogens is 1. The molecule has 0 aliphatic rings. The lowest BCUT2D eigenvalue weighted by atomic mass is 10.3. The first kappa shape index (κ1) is 9.17. The molecule has 0 bridgehead atoms. The van der Waals surface area contributed by atoms with Gasteiger partial charge < -0.3 is 0 Å². The Morgan fingerprint density at radius 3 is 3.07 bits per heavy atom. The predicted molar refractivity (Wildman–Crippen MR) is 56.7 cm³/mol. The summed E-state index contributed by atoms with van der Waals surface area (Å²) in [6, 6.07) is 4.93. The Kier molecular flexibility index (Phi) is 2.47. The van der Waals surface area contributed by atoms with Crippen molar-refractivity contribution in [3.63, 3.8) is 0 Å². The summed E-state index contributed by atoms with van der Waals surface area (Å²) < 4.78 is 13.9. The van der Waals surface area contributed by atoms with Gasteiger partial charge in [0.15, 0.2) is 0 Å². The van der Waals surface area contributed by atoms with E-state index in [0.717, 1.165) is 16.9 Å². The van der Waals surface area contributed by atoms with Crippen LogP contribution in [-0.4, -0.2) is 4.98 Å². The molecule has 0 unspecified atom stereocenters. The van der Waals surface area contributed by atoms with E-state index in [0.29, 0.717) is 11.1 Å². The van der Waals surface area contributed by atoms with Gasteiger partial charge in [-0.15, -0.1) is 23.7 Å². The Hall–Kier alpha value is -1.40. The van der Waals surface area contributed by atoms with Gasteiger partial charge in [0.1, 0.15) is 5.82 Å². The number of terminal acetylenes is 1. The summed E-state index contributed by atoms with van der Waals surface area (Å²) in [5.74, 6) is 2.35. The minimum atomic E-state index is -0.202. The molecule has 0 amide bonds. The molecule has 0 spiro atoms. The van der Waals surface area contributed by atoms with E-state index in [1.807, 2.05) is 6.07 Å². The van der Waals surface area contributed by atoms with Gasteiger partial charge in [-0.25, -0.2) is 9.37 Å². The Morgan fingerprint density at radius 1 is 1.50 bits per heavy atom. The zero-order chi connectivity index (χ0) is 9.97. The molecule has 1 aromatic carbocycles. The third-order valence-electron chi connectivity index (χ3n) is 1.89. The summed E-state index contributed by atoms with van der Waals surface area (Å²) in [7, 11) is 0. The topological polar surface area (TPSA) is 12.9 Å². The molecule has 3 heteroatoms. The molecular weight excluding hydrogens is 197 g/mol. The minimum Gasteiger partial charge on any atom is -0.241 e. The molecule has 70 valence electrons. The maximum atomic E-state index is 13.3. The highest BCUT2D eigenvalue weighted by molar-refractivity contribution is 7.18. The van der Waals surface area contributed by atoms with Crippen LogP contribution in [0.4, 0.5) is 4.39 Å². The molecule has 1 aromatic heterocycles. The number of nitrogens with zero attached hydrogens (tertiary/aromatic N) is 1. The normalized spacial score (nSPS) is 10.3. The van der Waals surface area contributed by atoms with E-state index >= 15 is 0 Å². The molecule has 0 radical (unpaired) electrons. The van der Waals surface area contributed by atoms with Crippen LogP contribution >= 0.6 is 11.3 Å². The Labute approximate surface area is 85.6 Å². The van der Waals surface area contributed by atoms with Gasteiger partial charge in [-0.1, -0.05) is 6.07 Å². The number of aryl methyl sites for hydroxylation is 1. The molecule has 14 heavy (non-hydrogen) atoms. The summed E-state index contributed by atoms with van der Waals surface area (Å²) in [4.78, 5) is 4.29. The van der Waals surface area contributed by atoms with Gasteiger partial charge in [0.25, 0.3) is 0 Å². The lowest BCUT2D eigenvalue weighted by Crippen LogP contribution is -1.79. The van der Waals surface area contributed by atoms with Crippen LogP contribution in [0, 0.1) is 18.2 Å². The van der Waals surface area contributed by atoms with E-state index in [1.165, 1.54) is 17.4 Å². The van der Waals surface area contributed by atoms with Crippen molar-refractivity contribution in [2.45, 2.75) is 12.8 Å². The molecule has 0 atom stereocenters. The summed E-state index contributed by atoms with van der Waals surface area (Å²) in [5.41, 5.74) is 0.724. The fourth-order valence-corrected chi connectivity index (χ4v) is 2.22. The van der Waals surface area contributed by atoms with Crippen molar-refractivity contribution < 1.29 is 4.39 Å². The van der Waals surface area contributed by atoms with Crippen LogP contribution in [0.25, 0.3) is 10.2 Å². The standard InChI is InChI=1S/C11H8FNS/c1-2-3-7-10-13-9-6-4-5-8(12)11(9)14-10/h1,4-6H,3,7H2. The van der Waals surface area contributed by atoms with E-state index in [9.17, 15) is 4.39 Å². The minimum absolute atomic E-state index is 0.202. The van der Waals surface area contributed by atoms with E-state index in [-0.39, 0.29) is 5.82 Å². The van der Waals surface area contributed by atoms with E-state index in [4.69, 9.17) is 6.42 Å². The van der Waals surface area contributed by atoms with Gasteiger partial charge >= 0.3 is 0 Å². The Morgan fingerprint density at radius 2 is 2.36 bits per heavy atom. The highest BCUT2D eigenvalue weighted by atomic mass is 32.1. The van der Waals surface area contributed by atoms with E-state index < -0.39 is 0 Å². The molecule has 2 rings (SSSR count). The van der Waals surface area contributed by atoms with E-state index in [1.54, 1.807) is 6.07 Å². The number of benzene rings is 1. The first-order valence-electron chi connectivity index (χ1n) is 4.28. The number of rotatable bonds is 2. The lowest BCUT2D eigenvalue weighted by Gasteiger charge is -1.86. The van der Waals surface area contributed by atoms with Crippen molar-refractivity contribution in [3.05, 3.63) is 29.0 Å². The third kappa shape index (κ3) is 1.61. The Bertz CT molecular complexity index is 495. The maximum absolute atomic E-state index is 13.3. The Balaban J connectivity index is 2.42. The number of aromatic nitrogens is 1.